The van der Waals surface area contributed by atoms with Crippen LogP contribution < -0.4 is 22.1 Å². The predicted molar refractivity (Wildman–Crippen MR) is 161 cm³/mol. The average Bonchev–Trinajstić information content (AvgIpc) is 3.26. The van der Waals surface area contributed by atoms with Gasteiger partial charge in [0.2, 0.25) is 11.8 Å². The van der Waals surface area contributed by atoms with Crippen LogP contribution in [0.5, 0.6) is 0 Å². The number of amides is 2. The van der Waals surface area contributed by atoms with Crippen LogP contribution in [0.3, 0.4) is 0 Å². The first-order chi connectivity index (χ1) is 20.1. The SMILES string of the molecule is CC1(C)CC(=O)n2c(c(-c3ccc(C(N)=O)c(N[C@H]4CC[C@H](OC(=O)CNC(=O)CCN)CC4)c3)c3ccccc32)C1. The van der Waals surface area contributed by atoms with E-state index >= 15 is 0 Å². The highest BCUT2D eigenvalue weighted by atomic mass is 16.5. The van der Waals surface area contributed by atoms with Gasteiger partial charge < -0.3 is 26.8 Å². The van der Waals surface area contributed by atoms with E-state index in [1.54, 1.807) is 6.07 Å². The Balaban J connectivity index is 1.35. The molecule has 222 valence electrons. The zero-order valence-corrected chi connectivity index (χ0v) is 24.2. The molecule has 3 aromatic rings. The lowest BCUT2D eigenvalue weighted by Gasteiger charge is -2.31. The van der Waals surface area contributed by atoms with Crippen molar-refractivity contribution in [2.75, 3.05) is 18.4 Å². The van der Waals surface area contributed by atoms with Crippen LogP contribution in [0.2, 0.25) is 0 Å². The molecule has 1 aliphatic carbocycles. The second-order valence-electron chi connectivity index (χ2n) is 12.1. The van der Waals surface area contributed by atoms with Gasteiger partial charge in [0, 0.05) is 47.8 Å². The largest absolute Gasteiger partial charge is 0.461 e. The summed E-state index contributed by atoms with van der Waals surface area (Å²) in [5.41, 5.74) is 15.8. The first kappa shape index (κ1) is 29.3. The number of primary amides is 1. The molecule has 0 saturated heterocycles. The van der Waals surface area contributed by atoms with Crippen LogP contribution in [0.1, 0.15) is 73.2 Å². The number of carbonyl (C=O) groups excluding carboxylic acids is 4. The van der Waals surface area contributed by atoms with Gasteiger partial charge in [-0.15, -0.1) is 0 Å². The smallest absolute Gasteiger partial charge is 0.325 e. The highest BCUT2D eigenvalue weighted by molar-refractivity contribution is 6.06. The van der Waals surface area contributed by atoms with Gasteiger partial charge in [0.1, 0.15) is 12.6 Å². The molecule has 42 heavy (non-hydrogen) atoms. The lowest BCUT2D eigenvalue weighted by atomic mass is 9.80. The number of hydrogen-bond acceptors (Lipinski definition) is 7. The molecule has 1 aromatic heterocycles. The quantitative estimate of drug-likeness (QED) is 0.284. The van der Waals surface area contributed by atoms with Crippen molar-refractivity contribution >= 4 is 40.3 Å². The Bertz CT molecular complexity index is 1530. The molecule has 10 nitrogen and oxygen atoms in total. The average molecular weight is 574 g/mol. The van der Waals surface area contributed by atoms with Crippen LogP contribution in [0.15, 0.2) is 42.5 Å². The summed E-state index contributed by atoms with van der Waals surface area (Å²) in [7, 11) is 0. The number of ether oxygens (including phenoxy) is 1. The summed E-state index contributed by atoms with van der Waals surface area (Å²) in [6.45, 7) is 4.28. The third kappa shape index (κ3) is 6.18. The highest BCUT2D eigenvalue weighted by Crippen LogP contribution is 2.43. The summed E-state index contributed by atoms with van der Waals surface area (Å²) in [5.74, 6) is -1.18. The van der Waals surface area contributed by atoms with Gasteiger partial charge in [-0.2, -0.15) is 0 Å². The number of esters is 1. The summed E-state index contributed by atoms with van der Waals surface area (Å²) in [6, 6.07) is 13.6. The fourth-order valence-electron chi connectivity index (χ4n) is 6.27. The Morgan fingerprint density at radius 2 is 1.79 bits per heavy atom. The van der Waals surface area contributed by atoms with Gasteiger partial charge in [-0.05, 0) is 61.3 Å². The molecular formula is C32H39N5O5. The first-order valence-electron chi connectivity index (χ1n) is 14.6. The van der Waals surface area contributed by atoms with Crippen LogP contribution in [0, 0.1) is 5.41 Å². The maximum atomic E-state index is 13.3. The molecule has 10 heteroatoms. The molecule has 0 unspecified atom stereocenters. The number of anilines is 1. The molecule has 2 aliphatic rings. The molecule has 0 spiro atoms. The van der Waals surface area contributed by atoms with E-state index in [1.807, 2.05) is 41.0 Å². The number of nitrogens with zero attached hydrogens (tertiary/aromatic N) is 1. The molecular weight excluding hydrogens is 534 g/mol. The number of fused-ring (bicyclic) bond motifs is 3. The second-order valence-corrected chi connectivity index (χ2v) is 12.1. The van der Waals surface area contributed by atoms with Gasteiger partial charge in [0.15, 0.2) is 0 Å². The minimum atomic E-state index is -0.525. The maximum absolute atomic E-state index is 13.3. The summed E-state index contributed by atoms with van der Waals surface area (Å²) in [5, 5.41) is 7.04. The zero-order valence-electron chi connectivity index (χ0n) is 24.2. The van der Waals surface area contributed by atoms with Crippen LogP contribution in [-0.4, -0.2) is 53.5 Å². The van der Waals surface area contributed by atoms with Crippen LogP contribution in [0.4, 0.5) is 5.69 Å². The number of hydrogen-bond donors (Lipinski definition) is 4. The third-order valence-electron chi connectivity index (χ3n) is 8.20. The second kappa shape index (κ2) is 12.0. The number of para-hydroxylation sites is 1. The summed E-state index contributed by atoms with van der Waals surface area (Å²) < 4.78 is 7.41. The number of rotatable bonds is 9. The van der Waals surface area contributed by atoms with E-state index in [0.717, 1.165) is 47.0 Å². The molecule has 0 bridgehead atoms. The van der Waals surface area contributed by atoms with E-state index in [4.69, 9.17) is 16.2 Å². The number of nitrogens with one attached hydrogen (secondary N) is 2. The predicted octanol–water partition coefficient (Wildman–Crippen LogP) is 3.75. The van der Waals surface area contributed by atoms with E-state index in [1.165, 1.54) is 0 Å². The summed E-state index contributed by atoms with van der Waals surface area (Å²) >= 11 is 0. The topological polar surface area (TPSA) is 159 Å². The van der Waals surface area contributed by atoms with Crippen LogP contribution in [-0.2, 0) is 20.7 Å². The van der Waals surface area contributed by atoms with Crippen molar-refractivity contribution in [1.82, 2.24) is 9.88 Å². The minimum Gasteiger partial charge on any atom is -0.461 e. The van der Waals surface area contributed by atoms with E-state index in [-0.39, 0.29) is 48.9 Å². The van der Waals surface area contributed by atoms with E-state index in [9.17, 15) is 19.2 Å². The number of aromatic nitrogens is 1. The summed E-state index contributed by atoms with van der Waals surface area (Å²) in [6.07, 6.45) is 3.93. The molecule has 2 heterocycles. The standard InChI is InChI=1S/C32H39N5O5/c1-32(2)16-26-30(23-5-3-4-6-25(23)37(26)28(39)17-32)19-7-12-22(31(34)41)24(15-19)36-20-8-10-21(11-9-20)42-29(40)18-35-27(38)13-14-33/h3-7,12,15,20-21,36H,8-11,13-14,16-18,33H2,1-2H3,(H2,34,41)(H,35,38)/t20-,21-. The molecule has 1 saturated carbocycles. The summed E-state index contributed by atoms with van der Waals surface area (Å²) in [4.78, 5) is 49.4. The fourth-order valence-corrected chi connectivity index (χ4v) is 6.27. The Hall–Kier alpha value is -4.18. The Morgan fingerprint density at radius 1 is 1.05 bits per heavy atom. The normalized spacial score (nSPS) is 19.6. The molecule has 0 atom stereocenters. The first-order valence-corrected chi connectivity index (χ1v) is 14.6. The Kier molecular flexibility index (Phi) is 8.36. The third-order valence-corrected chi connectivity index (χ3v) is 8.20. The Morgan fingerprint density at radius 3 is 2.50 bits per heavy atom. The molecule has 2 amide bonds. The van der Waals surface area contributed by atoms with E-state index < -0.39 is 11.9 Å². The van der Waals surface area contributed by atoms with Crippen molar-refractivity contribution in [2.24, 2.45) is 16.9 Å². The van der Waals surface area contributed by atoms with Gasteiger partial charge in [0.05, 0.1) is 11.1 Å². The lowest BCUT2D eigenvalue weighted by Crippen LogP contribution is -2.36. The van der Waals surface area contributed by atoms with Crippen molar-refractivity contribution in [3.05, 3.63) is 53.7 Å². The van der Waals surface area contributed by atoms with Gasteiger partial charge in [-0.1, -0.05) is 38.1 Å². The van der Waals surface area contributed by atoms with Crippen molar-refractivity contribution < 1.29 is 23.9 Å². The van der Waals surface area contributed by atoms with Gasteiger partial charge in [-0.3, -0.25) is 23.7 Å². The number of benzene rings is 2. The van der Waals surface area contributed by atoms with Crippen molar-refractivity contribution in [3.8, 4) is 11.1 Å². The monoisotopic (exact) mass is 573 g/mol. The van der Waals surface area contributed by atoms with Crippen molar-refractivity contribution in [1.29, 1.82) is 0 Å². The lowest BCUT2D eigenvalue weighted by molar-refractivity contribution is -0.150. The van der Waals surface area contributed by atoms with Gasteiger partial charge in [-0.25, -0.2) is 0 Å². The number of nitrogens with two attached hydrogens (primary N) is 2. The molecule has 2 aromatic carbocycles. The van der Waals surface area contributed by atoms with E-state index in [0.29, 0.717) is 30.5 Å². The molecule has 6 N–H and O–H groups in total. The van der Waals surface area contributed by atoms with Crippen LogP contribution >= 0.6 is 0 Å². The highest BCUT2D eigenvalue weighted by Gasteiger charge is 2.35. The fraction of sp³-hybridized carbons (Fsp3) is 0.438. The Labute approximate surface area is 245 Å². The van der Waals surface area contributed by atoms with Crippen molar-refractivity contribution in [2.45, 2.75) is 70.9 Å². The maximum Gasteiger partial charge on any atom is 0.325 e. The molecule has 1 fully saturated rings. The van der Waals surface area contributed by atoms with Crippen molar-refractivity contribution in [3.63, 3.8) is 0 Å². The van der Waals surface area contributed by atoms with Gasteiger partial charge >= 0.3 is 5.97 Å². The molecule has 5 rings (SSSR count). The zero-order chi connectivity index (χ0) is 30.0. The molecule has 1 aliphatic heterocycles. The van der Waals surface area contributed by atoms with Crippen LogP contribution in [0.25, 0.3) is 22.0 Å². The minimum absolute atomic E-state index is 0.0535. The molecule has 0 radical (unpaired) electrons. The van der Waals surface area contributed by atoms with Gasteiger partial charge in [0.25, 0.3) is 5.91 Å². The number of carbonyl (C=O) groups is 4. The van der Waals surface area contributed by atoms with E-state index in [2.05, 4.69) is 24.5 Å².